The van der Waals surface area contributed by atoms with Gasteiger partial charge in [0.1, 0.15) is 5.00 Å². The molecule has 2 heterocycles. The molecule has 3 rings (SSSR count). The maximum atomic E-state index is 11.9. The Balaban J connectivity index is 2.17. The molecule has 92 valence electrons. The first-order valence-corrected chi connectivity index (χ1v) is 6.45. The van der Waals surface area contributed by atoms with E-state index in [1.165, 1.54) is 11.3 Å². The molecule has 0 unspecified atom stereocenters. The fourth-order valence-electron chi connectivity index (χ4n) is 1.63. The van der Waals surface area contributed by atoms with Gasteiger partial charge < -0.3 is 16.4 Å². The van der Waals surface area contributed by atoms with E-state index in [2.05, 4.69) is 15.6 Å². The second kappa shape index (κ2) is 4.01. The summed E-state index contributed by atoms with van der Waals surface area (Å²) in [5.41, 5.74) is 7.06. The van der Waals surface area contributed by atoms with Crippen molar-refractivity contribution in [2.75, 3.05) is 16.4 Å². The van der Waals surface area contributed by atoms with Crippen LogP contribution in [0, 0.1) is 0 Å². The number of nitrogens with one attached hydrogen (secondary N) is 2. The number of carbonyl (C=O) groups is 1. The fourth-order valence-corrected chi connectivity index (χ4v) is 2.70. The van der Waals surface area contributed by atoms with Gasteiger partial charge in [-0.2, -0.15) is 0 Å². The van der Waals surface area contributed by atoms with Gasteiger partial charge in [-0.05, 0) is 12.1 Å². The summed E-state index contributed by atoms with van der Waals surface area (Å²) in [6.07, 6.45) is 0. The first-order valence-electron chi connectivity index (χ1n) is 4.88. The molecule has 5 nitrogen and oxygen atoms in total. The molecule has 1 amide bonds. The zero-order valence-corrected chi connectivity index (χ0v) is 11.1. The molecule has 1 aliphatic rings. The predicted molar refractivity (Wildman–Crippen MR) is 74.2 cm³/mol. The number of halogens is 2. The van der Waals surface area contributed by atoms with E-state index in [-0.39, 0.29) is 11.6 Å². The Morgan fingerprint density at radius 3 is 2.44 bits per heavy atom. The van der Waals surface area contributed by atoms with E-state index in [1.807, 2.05) is 0 Å². The Morgan fingerprint density at radius 1 is 1.17 bits per heavy atom. The highest BCUT2D eigenvalue weighted by Crippen LogP contribution is 2.39. The zero-order valence-electron chi connectivity index (χ0n) is 8.75. The number of nitrogens with zero attached hydrogens (tertiary/aromatic N) is 1. The van der Waals surface area contributed by atoms with Crippen LogP contribution in [0.25, 0.3) is 0 Å². The molecule has 8 heteroatoms. The summed E-state index contributed by atoms with van der Waals surface area (Å²) >= 11 is 13.1. The van der Waals surface area contributed by atoms with E-state index in [4.69, 9.17) is 28.9 Å². The lowest BCUT2D eigenvalue weighted by Crippen LogP contribution is -2.11. The summed E-state index contributed by atoms with van der Waals surface area (Å²) in [4.78, 5) is 15.9. The highest BCUT2D eigenvalue weighted by atomic mass is 35.5. The number of anilines is 4. The van der Waals surface area contributed by atoms with Gasteiger partial charge in [0.25, 0.3) is 5.91 Å². The van der Waals surface area contributed by atoms with E-state index < -0.39 is 0 Å². The molecule has 0 aliphatic carbocycles. The van der Waals surface area contributed by atoms with Crippen LogP contribution in [0.5, 0.6) is 0 Å². The quantitative estimate of drug-likeness (QED) is 0.697. The average Bonchev–Trinajstić information content (AvgIpc) is 2.61. The summed E-state index contributed by atoms with van der Waals surface area (Å²) in [7, 11) is 0. The van der Waals surface area contributed by atoms with Gasteiger partial charge >= 0.3 is 0 Å². The normalized spacial score (nSPS) is 13.1. The van der Waals surface area contributed by atoms with Crippen LogP contribution in [0.4, 0.5) is 21.5 Å². The van der Waals surface area contributed by atoms with Crippen LogP contribution >= 0.6 is 34.5 Å². The van der Waals surface area contributed by atoms with E-state index in [1.54, 1.807) is 12.1 Å². The molecule has 0 saturated heterocycles. The number of amides is 1. The first kappa shape index (κ1) is 11.6. The number of hydrogen-bond acceptors (Lipinski definition) is 5. The zero-order chi connectivity index (χ0) is 12.9. The van der Waals surface area contributed by atoms with Crippen molar-refractivity contribution in [1.29, 1.82) is 0 Å². The molecule has 0 fully saturated rings. The van der Waals surface area contributed by atoms with Crippen molar-refractivity contribution in [3.8, 4) is 0 Å². The standard InChI is InChI=1S/C10H6Cl2N4OS/c11-3-1-5-6(2-4(3)12)15-9-7(8(17)14-5)16-10(13)18-9/h1-2,15H,(H2,13,16)(H,14,17). The number of hydrogen-bond donors (Lipinski definition) is 3. The van der Waals surface area contributed by atoms with Crippen molar-refractivity contribution in [3.63, 3.8) is 0 Å². The maximum absolute atomic E-state index is 11.9. The summed E-state index contributed by atoms with van der Waals surface area (Å²) < 4.78 is 0. The lowest BCUT2D eigenvalue weighted by atomic mass is 10.2. The number of carbonyl (C=O) groups excluding carboxylic acids is 1. The average molecular weight is 301 g/mol. The third-order valence-electron chi connectivity index (χ3n) is 2.42. The monoisotopic (exact) mass is 300 g/mol. The molecule has 18 heavy (non-hydrogen) atoms. The number of aromatic nitrogens is 1. The Bertz CT molecular complexity index is 670. The Labute approximate surface area is 116 Å². The van der Waals surface area contributed by atoms with Gasteiger partial charge in [0.2, 0.25) is 0 Å². The molecule has 1 aromatic heterocycles. The van der Waals surface area contributed by atoms with Gasteiger partial charge in [-0.15, -0.1) is 0 Å². The summed E-state index contributed by atoms with van der Waals surface area (Å²) in [6.45, 7) is 0. The molecular formula is C10H6Cl2N4OS. The van der Waals surface area contributed by atoms with Crippen LogP contribution in [0.3, 0.4) is 0 Å². The van der Waals surface area contributed by atoms with Crippen LogP contribution < -0.4 is 16.4 Å². The molecular weight excluding hydrogens is 295 g/mol. The van der Waals surface area contributed by atoms with E-state index in [9.17, 15) is 4.79 Å². The van der Waals surface area contributed by atoms with Crippen LogP contribution in [-0.2, 0) is 0 Å². The number of benzene rings is 1. The van der Waals surface area contributed by atoms with Crippen LogP contribution in [-0.4, -0.2) is 10.9 Å². The summed E-state index contributed by atoms with van der Waals surface area (Å²) in [6, 6.07) is 3.23. The first-order chi connectivity index (χ1) is 8.54. The maximum Gasteiger partial charge on any atom is 0.277 e. The molecule has 0 saturated carbocycles. The van der Waals surface area contributed by atoms with Gasteiger partial charge in [0.05, 0.1) is 21.4 Å². The van der Waals surface area contributed by atoms with Crippen LogP contribution in [0.1, 0.15) is 10.5 Å². The lowest BCUT2D eigenvalue weighted by molar-refractivity contribution is 0.102. The lowest BCUT2D eigenvalue weighted by Gasteiger charge is -2.09. The second-order valence-corrected chi connectivity index (χ2v) is 5.47. The van der Waals surface area contributed by atoms with Crippen LogP contribution in [0.2, 0.25) is 10.0 Å². The largest absolute Gasteiger partial charge is 0.375 e. The van der Waals surface area contributed by atoms with Gasteiger partial charge in [-0.25, -0.2) is 4.98 Å². The minimum absolute atomic E-state index is 0.265. The molecule has 2 aromatic rings. The van der Waals surface area contributed by atoms with Crippen molar-refractivity contribution in [1.82, 2.24) is 4.98 Å². The number of nitrogen functional groups attached to an aromatic ring is 1. The molecule has 4 N–H and O–H groups in total. The molecule has 1 aromatic carbocycles. The van der Waals surface area contributed by atoms with Gasteiger partial charge in [-0.3, -0.25) is 4.79 Å². The van der Waals surface area contributed by atoms with Gasteiger partial charge in [0, 0.05) is 0 Å². The summed E-state index contributed by atoms with van der Waals surface area (Å²) in [5.74, 6) is -0.331. The van der Waals surface area contributed by atoms with Gasteiger partial charge in [-0.1, -0.05) is 34.5 Å². The third-order valence-corrected chi connectivity index (χ3v) is 3.94. The highest BCUT2D eigenvalue weighted by Gasteiger charge is 2.23. The summed E-state index contributed by atoms with van der Waals surface area (Å²) in [5, 5.41) is 7.46. The fraction of sp³-hybridized carbons (Fsp3) is 0. The molecule has 0 radical (unpaired) electrons. The van der Waals surface area contributed by atoms with E-state index in [0.29, 0.717) is 31.6 Å². The number of rotatable bonds is 0. The van der Waals surface area contributed by atoms with Gasteiger partial charge in [0.15, 0.2) is 10.8 Å². The Hall–Kier alpha value is -1.50. The number of thiazole rings is 1. The molecule has 1 aliphatic heterocycles. The van der Waals surface area contributed by atoms with Crippen molar-refractivity contribution < 1.29 is 4.79 Å². The predicted octanol–water partition coefficient (Wildman–Crippen LogP) is 3.34. The highest BCUT2D eigenvalue weighted by molar-refractivity contribution is 7.19. The van der Waals surface area contributed by atoms with Crippen molar-refractivity contribution in [2.45, 2.75) is 0 Å². The molecule has 0 spiro atoms. The molecule has 0 atom stereocenters. The minimum atomic E-state index is -0.331. The SMILES string of the molecule is Nc1nc2c(s1)Nc1cc(Cl)c(Cl)cc1NC2=O. The number of nitrogens with two attached hydrogens (primary N) is 1. The van der Waals surface area contributed by atoms with Crippen molar-refractivity contribution in [3.05, 3.63) is 27.9 Å². The number of fused-ring (bicyclic) bond motifs is 2. The van der Waals surface area contributed by atoms with E-state index >= 15 is 0 Å². The van der Waals surface area contributed by atoms with Crippen molar-refractivity contribution in [2.24, 2.45) is 0 Å². The Kier molecular flexibility index (Phi) is 2.58. The second-order valence-electron chi connectivity index (χ2n) is 3.62. The van der Waals surface area contributed by atoms with Crippen LogP contribution in [0.15, 0.2) is 12.1 Å². The van der Waals surface area contributed by atoms with E-state index in [0.717, 1.165) is 0 Å². The third kappa shape index (κ3) is 1.78. The topological polar surface area (TPSA) is 80.0 Å². The smallest absolute Gasteiger partial charge is 0.277 e. The van der Waals surface area contributed by atoms with Crippen molar-refractivity contribution >= 4 is 62.0 Å². The Morgan fingerprint density at radius 2 is 1.78 bits per heavy atom. The molecule has 0 bridgehead atoms. The minimum Gasteiger partial charge on any atom is -0.375 e.